The van der Waals surface area contributed by atoms with Crippen molar-refractivity contribution >= 4 is 29.2 Å². The van der Waals surface area contributed by atoms with Gasteiger partial charge in [-0.15, -0.1) is 0 Å². The molecule has 0 unspecified atom stereocenters. The van der Waals surface area contributed by atoms with Crippen LogP contribution in [0.5, 0.6) is 0 Å². The van der Waals surface area contributed by atoms with Gasteiger partial charge in [-0.2, -0.15) is 18.4 Å². The van der Waals surface area contributed by atoms with Gasteiger partial charge in [-0.25, -0.2) is 9.97 Å². The molecule has 0 fully saturated rings. The highest BCUT2D eigenvalue weighted by atomic mass is 32.2. The molecular weight excluding hydrogens is 343 g/mol. The van der Waals surface area contributed by atoms with E-state index in [-0.39, 0.29) is 28.0 Å². The first-order chi connectivity index (χ1) is 11.3. The fourth-order valence-corrected chi connectivity index (χ4v) is 2.23. The Morgan fingerprint density at radius 2 is 2.00 bits per heavy atom. The van der Waals surface area contributed by atoms with Crippen molar-refractivity contribution < 1.29 is 18.0 Å². The van der Waals surface area contributed by atoms with Crippen LogP contribution in [0.1, 0.15) is 11.1 Å². The summed E-state index contributed by atoms with van der Waals surface area (Å²) in [4.78, 5) is 19.5. The van der Waals surface area contributed by atoms with Crippen LogP contribution < -0.4 is 11.1 Å². The van der Waals surface area contributed by atoms with E-state index in [1.807, 2.05) is 6.07 Å². The minimum absolute atomic E-state index is 0.0122. The molecule has 124 valence electrons. The molecule has 6 nitrogen and oxygen atoms in total. The van der Waals surface area contributed by atoms with Gasteiger partial charge in [-0.05, 0) is 24.3 Å². The lowest BCUT2D eigenvalue weighted by atomic mass is 10.2. The monoisotopic (exact) mass is 353 g/mol. The Kier molecular flexibility index (Phi) is 5.25. The molecule has 0 bridgehead atoms. The van der Waals surface area contributed by atoms with Crippen LogP contribution >= 0.6 is 11.8 Å². The van der Waals surface area contributed by atoms with E-state index in [4.69, 9.17) is 11.0 Å². The summed E-state index contributed by atoms with van der Waals surface area (Å²) < 4.78 is 37.3. The fourth-order valence-electron chi connectivity index (χ4n) is 1.60. The first-order valence-corrected chi connectivity index (χ1v) is 7.40. The number of nitrogens with zero attached hydrogens (tertiary/aromatic N) is 3. The Bertz CT molecular complexity index is 786. The molecule has 1 amide bonds. The van der Waals surface area contributed by atoms with Crippen molar-refractivity contribution in [3.8, 4) is 6.07 Å². The predicted molar refractivity (Wildman–Crippen MR) is 82.0 cm³/mol. The molecule has 0 atom stereocenters. The Hall–Kier alpha value is -2.80. The van der Waals surface area contributed by atoms with Gasteiger partial charge in [-0.3, -0.25) is 4.79 Å². The van der Waals surface area contributed by atoms with Crippen molar-refractivity contribution in [1.29, 1.82) is 5.26 Å². The van der Waals surface area contributed by atoms with Gasteiger partial charge in [0, 0.05) is 5.69 Å². The van der Waals surface area contributed by atoms with E-state index in [1.54, 1.807) is 0 Å². The van der Waals surface area contributed by atoms with E-state index in [0.29, 0.717) is 0 Å². The van der Waals surface area contributed by atoms with Gasteiger partial charge in [-0.1, -0.05) is 11.8 Å². The van der Waals surface area contributed by atoms with E-state index in [2.05, 4.69) is 15.3 Å². The SMILES string of the molecule is N#Cc1cnc(SCC(=O)Nc2ccc(C(F)(F)F)cc2)nc1N. The number of aromatic nitrogens is 2. The molecule has 0 saturated carbocycles. The fraction of sp³-hybridized carbons (Fsp3) is 0.143. The van der Waals surface area contributed by atoms with Gasteiger partial charge < -0.3 is 11.1 Å². The van der Waals surface area contributed by atoms with Gasteiger partial charge in [0.05, 0.1) is 17.5 Å². The standard InChI is InChI=1S/C14H10F3N5OS/c15-14(16,17)9-1-3-10(4-2-9)21-11(23)7-24-13-20-6-8(5-18)12(19)22-13/h1-4,6H,7H2,(H,21,23)(H2,19,20,22). The first kappa shape index (κ1) is 17.6. The zero-order chi connectivity index (χ0) is 17.7. The number of carbonyl (C=O) groups is 1. The number of halogens is 3. The number of benzene rings is 1. The van der Waals surface area contributed by atoms with Crippen molar-refractivity contribution in [3.63, 3.8) is 0 Å². The average molecular weight is 353 g/mol. The summed E-state index contributed by atoms with van der Waals surface area (Å²) >= 11 is 0.985. The molecule has 3 N–H and O–H groups in total. The van der Waals surface area contributed by atoms with Crippen LogP contribution in [0, 0.1) is 11.3 Å². The van der Waals surface area contributed by atoms with E-state index < -0.39 is 17.6 Å². The van der Waals surface area contributed by atoms with Gasteiger partial charge >= 0.3 is 6.18 Å². The Morgan fingerprint density at radius 1 is 1.33 bits per heavy atom. The Balaban J connectivity index is 1.92. The molecular formula is C14H10F3N5OS. The predicted octanol–water partition coefficient (Wildman–Crippen LogP) is 2.68. The molecule has 0 spiro atoms. The van der Waals surface area contributed by atoms with Gasteiger partial charge in [0.2, 0.25) is 5.91 Å². The normalized spacial score (nSPS) is 10.9. The lowest BCUT2D eigenvalue weighted by Crippen LogP contribution is -2.14. The quantitative estimate of drug-likeness (QED) is 0.647. The third-order valence-electron chi connectivity index (χ3n) is 2.74. The number of nitrogen functional groups attached to an aromatic ring is 1. The minimum atomic E-state index is -4.43. The van der Waals surface area contributed by atoms with Crippen LogP contribution in [0.15, 0.2) is 35.6 Å². The Labute approximate surface area is 138 Å². The molecule has 2 rings (SSSR count). The number of rotatable bonds is 4. The largest absolute Gasteiger partial charge is 0.416 e. The zero-order valence-electron chi connectivity index (χ0n) is 12.0. The topological polar surface area (TPSA) is 105 Å². The summed E-state index contributed by atoms with van der Waals surface area (Å²) in [5, 5.41) is 11.4. The summed E-state index contributed by atoms with van der Waals surface area (Å²) in [5.74, 6) is -0.490. The molecule has 24 heavy (non-hydrogen) atoms. The summed E-state index contributed by atoms with van der Waals surface area (Å²) in [5.41, 5.74) is 5.11. The molecule has 0 saturated heterocycles. The third kappa shape index (κ3) is 4.60. The second-order valence-electron chi connectivity index (χ2n) is 4.48. The lowest BCUT2D eigenvalue weighted by Gasteiger charge is -2.08. The van der Waals surface area contributed by atoms with E-state index in [0.717, 1.165) is 23.9 Å². The number of nitriles is 1. The van der Waals surface area contributed by atoms with Gasteiger partial charge in [0.1, 0.15) is 17.5 Å². The van der Waals surface area contributed by atoms with Crippen LogP contribution in [0.25, 0.3) is 0 Å². The number of amides is 1. The van der Waals surface area contributed by atoms with Gasteiger partial charge in [0.25, 0.3) is 0 Å². The first-order valence-electron chi connectivity index (χ1n) is 6.42. The van der Waals surface area contributed by atoms with Crippen LogP contribution in [0.3, 0.4) is 0 Å². The maximum atomic E-state index is 12.4. The lowest BCUT2D eigenvalue weighted by molar-refractivity contribution is -0.137. The third-order valence-corrected chi connectivity index (χ3v) is 3.61. The maximum absolute atomic E-state index is 12.4. The van der Waals surface area contributed by atoms with E-state index in [1.165, 1.54) is 18.3 Å². The molecule has 0 aliphatic heterocycles. The molecule has 0 aliphatic rings. The average Bonchev–Trinajstić information content (AvgIpc) is 2.53. The number of hydrogen-bond donors (Lipinski definition) is 2. The molecule has 2 aromatic rings. The van der Waals surface area contributed by atoms with Crippen molar-refractivity contribution in [2.75, 3.05) is 16.8 Å². The molecule has 10 heteroatoms. The summed E-state index contributed by atoms with van der Waals surface area (Å²) in [6, 6.07) is 5.92. The number of nitrogens with two attached hydrogens (primary N) is 1. The molecule has 1 aromatic carbocycles. The molecule has 0 radical (unpaired) electrons. The van der Waals surface area contributed by atoms with Crippen molar-refractivity contribution in [1.82, 2.24) is 9.97 Å². The number of alkyl halides is 3. The number of thioether (sulfide) groups is 1. The van der Waals surface area contributed by atoms with E-state index >= 15 is 0 Å². The summed E-state index contributed by atoms with van der Waals surface area (Å²) in [7, 11) is 0. The second kappa shape index (κ2) is 7.18. The van der Waals surface area contributed by atoms with Crippen LogP contribution in [0.4, 0.5) is 24.7 Å². The number of anilines is 2. The number of carbonyl (C=O) groups excluding carboxylic acids is 1. The Morgan fingerprint density at radius 3 is 2.54 bits per heavy atom. The molecule has 0 aliphatic carbocycles. The summed E-state index contributed by atoms with van der Waals surface area (Å²) in [6.45, 7) is 0. The smallest absolute Gasteiger partial charge is 0.382 e. The molecule has 1 aromatic heterocycles. The number of hydrogen-bond acceptors (Lipinski definition) is 6. The number of nitrogens with one attached hydrogen (secondary N) is 1. The van der Waals surface area contributed by atoms with Crippen LogP contribution in [-0.4, -0.2) is 21.6 Å². The zero-order valence-corrected chi connectivity index (χ0v) is 12.8. The molecule has 1 heterocycles. The highest BCUT2D eigenvalue weighted by Gasteiger charge is 2.29. The van der Waals surface area contributed by atoms with Crippen molar-refractivity contribution in [2.24, 2.45) is 0 Å². The summed E-state index contributed by atoms with van der Waals surface area (Å²) in [6.07, 6.45) is -3.18. The van der Waals surface area contributed by atoms with Crippen LogP contribution in [-0.2, 0) is 11.0 Å². The second-order valence-corrected chi connectivity index (χ2v) is 5.42. The van der Waals surface area contributed by atoms with Gasteiger partial charge in [0.15, 0.2) is 5.16 Å². The van der Waals surface area contributed by atoms with Crippen molar-refractivity contribution in [2.45, 2.75) is 11.3 Å². The maximum Gasteiger partial charge on any atom is 0.416 e. The minimum Gasteiger partial charge on any atom is -0.382 e. The van der Waals surface area contributed by atoms with E-state index in [9.17, 15) is 18.0 Å². The highest BCUT2D eigenvalue weighted by Crippen LogP contribution is 2.29. The van der Waals surface area contributed by atoms with Crippen LogP contribution in [0.2, 0.25) is 0 Å². The highest BCUT2D eigenvalue weighted by molar-refractivity contribution is 7.99. The van der Waals surface area contributed by atoms with Crippen molar-refractivity contribution in [3.05, 3.63) is 41.6 Å².